The molecule has 0 saturated carbocycles. The van der Waals surface area contributed by atoms with Crippen LogP contribution in [0.25, 0.3) is 0 Å². The van der Waals surface area contributed by atoms with Crippen LogP contribution in [-0.4, -0.2) is 35.3 Å². The minimum Gasteiger partial charge on any atom is -0.496 e. The number of aromatic nitrogens is 2. The zero-order valence-corrected chi connectivity index (χ0v) is 14.5. The molecule has 1 N–H and O–H groups in total. The second kappa shape index (κ2) is 7.62. The number of aryl methyl sites for hydroxylation is 2. The van der Waals surface area contributed by atoms with E-state index in [2.05, 4.69) is 16.0 Å². The molecule has 0 radical (unpaired) electrons. The summed E-state index contributed by atoms with van der Waals surface area (Å²) >= 11 is 0. The molecule has 1 aliphatic carbocycles. The number of nitrogens with zero attached hydrogens (tertiary/aromatic N) is 3. The van der Waals surface area contributed by atoms with Gasteiger partial charge in [-0.25, -0.2) is 9.97 Å². The van der Waals surface area contributed by atoms with E-state index in [0.29, 0.717) is 13.1 Å². The van der Waals surface area contributed by atoms with E-state index in [9.17, 15) is 5.11 Å². The molecule has 1 aromatic heterocycles. The van der Waals surface area contributed by atoms with E-state index in [1.165, 1.54) is 24.1 Å². The Balaban J connectivity index is 1.98. The number of para-hydroxylation sites is 1. The summed E-state index contributed by atoms with van der Waals surface area (Å²) in [5.74, 6) is 2.63. The quantitative estimate of drug-likeness (QED) is 0.884. The molecule has 5 heteroatoms. The Morgan fingerprint density at radius 3 is 2.75 bits per heavy atom. The van der Waals surface area contributed by atoms with Crippen LogP contribution in [-0.2, 0) is 19.4 Å². The Kier molecular flexibility index (Phi) is 5.30. The van der Waals surface area contributed by atoms with Crippen molar-refractivity contribution in [3.63, 3.8) is 0 Å². The maximum absolute atomic E-state index is 9.56. The maximum atomic E-state index is 9.56. The zero-order valence-electron chi connectivity index (χ0n) is 14.5. The van der Waals surface area contributed by atoms with Gasteiger partial charge >= 0.3 is 0 Å². The molecule has 0 unspecified atom stereocenters. The predicted octanol–water partition coefficient (Wildman–Crippen LogP) is 2.67. The van der Waals surface area contributed by atoms with E-state index >= 15 is 0 Å². The van der Waals surface area contributed by atoms with Crippen LogP contribution in [0.15, 0.2) is 24.3 Å². The third kappa shape index (κ3) is 3.51. The summed E-state index contributed by atoms with van der Waals surface area (Å²) < 4.78 is 5.47. The van der Waals surface area contributed by atoms with E-state index in [0.717, 1.165) is 35.8 Å². The molecular weight excluding hydrogens is 302 g/mol. The Hall–Kier alpha value is -2.14. The molecule has 0 spiro atoms. The summed E-state index contributed by atoms with van der Waals surface area (Å²) in [6.07, 6.45) is 4.40. The van der Waals surface area contributed by atoms with Gasteiger partial charge in [0, 0.05) is 29.9 Å². The molecule has 0 amide bonds. The molecule has 1 heterocycles. The number of aliphatic hydroxyl groups excluding tert-OH is 1. The van der Waals surface area contributed by atoms with Gasteiger partial charge in [0.2, 0.25) is 0 Å². The first-order valence-electron chi connectivity index (χ1n) is 8.57. The number of benzene rings is 1. The first kappa shape index (κ1) is 16.7. The van der Waals surface area contributed by atoms with E-state index in [-0.39, 0.29) is 6.61 Å². The van der Waals surface area contributed by atoms with Crippen molar-refractivity contribution in [2.24, 2.45) is 0 Å². The fraction of sp³-hybridized carbons (Fsp3) is 0.474. The van der Waals surface area contributed by atoms with Crippen molar-refractivity contribution in [2.45, 2.75) is 39.2 Å². The highest BCUT2D eigenvalue weighted by Crippen LogP contribution is 2.30. The molecule has 5 nitrogen and oxygen atoms in total. The van der Waals surface area contributed by atoms with Crippen LogP contribution < -0.4 is 9.64 Å². The van der Waals surface area contributed by atoms with Gasteiger partial charge in [-0.15, -0.1) is 0 Å². The van der Waals surface area contributed by atoms with Crippen molar-refractivity contribution in [1.82, 2.24) is 9.97 Å². The topological polar surface area (TPSA) is 58.5 Å². The van der Waals surface area contributed by atoms with Gasteiger partial charge in [-0.3, -0.25) is 0 Å². The number of anilines is 1. The van der Waals surface area contributed by atoms with Crippen LogP contribution in [0.5, 0.6) is 5.75 Å². The molecule has 0 bridgehead atoms. The molecule has 3 rings (SSSR count). The van der Waals surface area contributed by atoms with Crippen molar-refractivity contribution in [2.75, 3.05) is 25.2 Å². The summed E-state index contributed by atoms with van der Waals surface area (Å²) in [6, 6.07) is 8.00. The summed E-state index contributed by atoms with van der Waals surface area (Å²) in [5.41, 5.74) is 3.51. The van der Waals surface area contributed by atoms with Crippen LogP contribution in [0.2, 0.25) is 0 Å². The highest BCUT2D eigenvalue weighted by molar-refractivity contribution is 5.51. The third-order valence-electron chi connectivity index (χ3n) is 4.50. The van der Waals surface area contributed by atoms with Gasteiger partial charge in [0.1, 0.15) is 17.4 Å². The minimum absolute atomic E-state index is 0.0903. The molecule has 0 atom stereocenters. The minimum atomic E-state index is 0.0903. The van der Waals surface area contributed by atoms with Crippen LogP contribution >= 0.6 is 0 Å². The van der Waals surface area contributed by atoms with Crippen LogP contribution in [0.4, 0.5) is 5.82 Å². The second-order valence-electron chi connectivity index (χ2n) is 6.18. The van der Waals surface area contributed by atoms with Gasteiger partial charge < -0.3 is 14.7 Å². The molecule has 2 aromatic rings. The van der Waals surface area contributed by atoms with E-state index in [1.807, 2.05) is 25.1 Å². The molecular formula is C19H25N3O2. The summed E-state index contributed by atoms with van der Waals surface area (Å²) in [7, 11) is 1.69. The summed E-state index contributed by atoms with van der Waals surface area (Å²) in [5, 5.41) is 9.56. The second-order valence-corrected chi connectivity index (χ2v) is 6.18. The maximum Gasteiger partial charge on any atom is 0.136 e. The fourth-order valence-electron chi connectivity index (χ4n) is 3.38. The molecule has 0 aliphatic heterocycles. The Morgan fingerprint density at radius 1 is 1.17 bits per heavy atom. The highest BCUT2D eigenvalue weighted by atomic mass is 16.5. The molecule has 128 valence electrons. The Morgan fingerprint density at radius 2 is 1.96 bits per heavy atom. The van der Waals surface area contributed by atoms with Gasteiger partial charge in [0.05, 0.1) is 13.7 Å². The van der Waals surface area contributed by atoms with Crippen LogP contribution in [0.1, 0.15) is 35.5 Å². The van der Waals surface area contributed by atoms with Gasteiger partial charge in [0.25, 0.3) is 0 Å². The number of ether oxygens (including phenoxy) is 1. The standard InChI is InChI=1S/C19H25N3O2/c1-14-20-17-9-5-4-8-16(17)19(21-14)22(11-12-23)13-15-7-3-6-10-18(15)24-2/h3,6-7,10,23H,4-5,8-9,11-13H2,1-2H3. The SMILES string of the molecule is COc1ccccc1CN(CCO)c1nc(C)nc2c1CCCC2. The normalized spacial score (nSPS) is 13.5. The molecule has 1 aromatic carbocycles. The Bertz CT molecular complexity index is 703. The highest BCUT2D eigenvalue weighted by Gasteiger charge is 2.21. The fourth-order valence-corrected chi connectivity index (χ4v) is 3.38. The summed E-state index contributed by atoms with van der Waals surface area (Å²) in [4.78, 5) is 11.5. The molecule has 0 saturated heterocycles. The predicted molar refractivity (Wildman–Crippen MR) is 94.5 cm³/mol. The number of methoxy groups -OCH3 is 1. The number of hydrogen-bond acceptors (Lipinski definition) is 5. The van der Waals surface area contributed by atoms with Gasteiger partial charge in [-0.1, -0.05) is 18.2 Å². The van der Waals surface area contributed by atoms with Crippen molar-refractivity contribution < 1.29 is 9.84 Å². The monoisotopic (exact) mass is 327 g/mol. The number of aliphatic hydroxyl groups is 1. The number of fused-ring (bicyclic) bond motifs is 1. The lowest BCUT2D eigenvalue weighted by atomic mass is 9.96. The van der Waals surface area contributed by atoms with E-state index in [4.69, 9.17) is 9.72 Å². The average Bonchev–Trinajstić information content (AvgIpc) is 2.61. The average molecular weight is 327 g/mol. The Labute approximate surface area is 143 Å². The van der Waals surface area contributed by atoms with E-state index < -0.39 is 0 Å². The lowest BCUT2D eigenvalue weighted by Crippen LogP contribution is -2.30. The van der Waals surface area contributed by atoms with Crippen molar-refractivity contribution in [3.8, 4) is 5.75 Å². The van der Waals surface area contributed by atoms with Gasteiger partial charge in [-0.2, -0.15) is 0 Å². The lowest BCUT2D eigenvalue weighted by molar-refractivity contribution is 0.300. The third-order valence-corrected chi connectivity index (χ3v) is 4.50. The first-order valence-corrected chi connectivity index (χ1v) is 8.57. The number of hydrogen-bond donors (Lipinski definition) is 1. The number of rotatable bonds is 6. The molecule has 0 fully saturated rings. The van der Waals surface area contributed by atoms with Crippen molar-refractivity contribution in [3.05, 3.63) is 46.9 Å². The van der Waals surface area contributed by atoms with Crippen molar-refractivity contribution >= 4 is 5.82 Å². The molecule has 1 aliphatic rings. The largest absolute Gasteiger partial charge is 0.496 e. The van der Waals surface area contributed by atoms with Gasteiger partial charge in [-0.05, 0) is 38.7 Å². The first-order chi connectivity index (χ1) is 11.7. The molecule has 24 heavy (non-hydrogen) atoms. The van der Waals surface area contributed by atoms with Crippen molar-refractivity contribution in [1.29, 1.82) is 0 Å². The van der Waals surface area contributed by atoms with Crippen LogP contribution in [0, 0.1) is 6.92 Å². The smallest absolute Gasteiger partial charge is 0.136 e. The van der Waals surface area contributed by atoms with E-state index in [1.54, 1.807) is 7.11 Å². The lowest BCUT2D eigenvalue weighted by Gasteiger charge is -2.28. The van der Waals surface area contributed by atoms with Gasteiger partial charge in [0.15, 0.2) is 0 Å². The zero-order chi connectivity index (χ0) is 16.9. The van der Waals surface area contributed by atoms with Crippen LogP contribution in [0.3, 0.4) is 0 Å². The summed E-state index contributed by atoms with van der Waals surface area (Å²) in [6.45, 7) is 3.24.